The Balaban J connectivity index is 4.22. The minimum atomic E-state index is -0.0501. The van der Waals surface area contributed by atoms with Crippen LogP contribution in [0.3, 0.4) is 0 Å². The Morgan fingerprint density at radius 1 is 1.17 bits per heavy atom. The highest BCUT2D eigenvalue weighted by Crippen LogP contribution is 2.00. The predicted octanol–water partition coefficient (Wildman–Crippen LogP) is 1.40. The third-order valence-electron chi connectivity index (χ3n) is 2.72. The van der Waals surface area contributed by atoms with Gasteiger partial charge in [0.25, 0.3) is 0 Å². The van der Waals surface area contributed by atoms with Crippen molar-refractivity contribution in [1.29, 1.82) is 5.26 Å². The monoisotopic (exact) mass is 254 g/mol. The largest absolute Gasteiger partial charge is 0.308 e. The van der Waals surface area contributed by atoms with E-state index in [2.05, 4.69) is 56.1 Å². The molecule has 0 aromatic heterocycles. The smallest absolute Gasteiger partial charge is 0.108 e. The number of rotatable bonds is 10. The van der Waals surface area contributed by atoms with Gasteiger partial charge in [-0.05, 0) is 33.0 Å². The fraction of sp³-hybridized carbons (Fsp3) is 0.929. The molecule has 0 saturated heterocycles. The summed E-state index contributed by atoms with van der Waals surface area (Å²) >= 11 is 0. The maximum atomic E-state index is 9.16. The molecule has 0 rings (SSSR count). The van der Waals surface area contributed by atoms with Crippen molar-refractivity contribution in [1.82, 2.24) is 15.1 Å². The van der Waals surface area contributed by atoms with Crippen LogP contribution in [-0.4, -0.2) is 62.7 Å². The summed E-state index contributed by atoms with van der Waals surface area (Å²) in [5, 5.41) is 12.5. The molecule has 0 heterocycles. The summed E-state index contributed by atoms with van der Waals surface area (Å²) in [5.74, 6) is 0.637. The van der Waals surface area contributed by atoms with Gasteiger partial charge >= 0.3 is 0 Å². The van der Waals surface area contributed by atoms with Crippen LogP contribution in [0.15, 0.2) is 0 Å². The van der Waals surface area contributed by atoms with Crippen molar-refractivity contribution in [2.75, 3.05) is 46.8 Å². The van der Waals surface area contributed by atoms with E-state index in [1.807, 2.05) is 0 Å². The van der Waals surface area contributed by atoms with Gasteiger partial charge in [0, 0.05) is 26.2 Å². The van der Waals surface area contributed by atoms with E-state index in [1.165, 1.54) is 0 Å². The van der Waals surface area contributed by atoms with Gasteiger partial charge in [0.1, 0.15) is 6.04 Å². The van der Waals surface area contributed by atoms with E-state index in [-0.39, 0.29) is 6.04 Å². The Hall–Kier alpha value is -0.630. The molecule has 1 unspecified atom stereocenters. The third kappa shape index (κ3) is 9.41. The lowest BCUT2D eigenvalue weighted by molar-refractivity contribution is 0.209. The molecular weight excluding hydrogens is 224 g/mol. The Kier molecular flexibility index (Phi) is 9.95. The number of hydrogen-bond donors (Lipinski definition) is 1. The minimum absolute atomic E-state index is 0.0501. The van der Waals surface area contributed by atoms with Gasteiger partial charge in [0.15, 0.2) is 0 Å². The lowest BCUT2D eigenvalue weighted by Gasteiger charge is -2.27. The fourth-order valence-electron chi connectivity index (χ4n) is 1.84. The number of nitrogens with zero attached hydrogens (tertiary/aromatic N) is 3. The maximum absolute atomic E-state index is 9.16. The highest BCUT2D eigenvalue weighted by Gasteiger charge is 2.14. The summed E-state index contributed by atoms with van der Waals surface area (Å²) in [4.78, 5) is 4.58. The Labute approximate surface area is 113 Å². The molecule has 4 nitrogen and oxygen atoms in total. The van der Waals surface area contributed by atoms with Crippen LogP contribution >= 0.6 is 0 Å². The van der Waals surface area contributed by atoms with Crippen LogP contribution in [0.5, 0.6) is 0 Å². The van der Waals surface area contributed by atoms with Crippen molar-refractivity contribution in [2.45, 2.75) is 33.2 Å². The highest BCUT2D eigenvalue weighted by molar-refractivity contribution is 4.92. The molecule has 0 aromatic carbocycles. The van der Waals surface area contributed by atoms with E-state index in [9.17, 15) is 0 Å². The normalized spacial score (nSPS) is 13.3. The molecule has 0 spiro atoms. The fourth-order valence-corrected chi connectivity index (χ4v) is 1.84. The molecule has 1 N–H and O–H groups in total. The van der Waals surface area contributed by atoms with Gasteiger partial charge in [-0.15, -0.1) is 0 Å². The molecular formula is C14H30N4. The standard InChI is InChI=1S/C14H30N4/c1-6-7-16-14(10-15)12-18(11-13(2)3)9-8-17(4)5/h13-14,16H,6-9,11-12H2,1-5H3. The van der Waals surface area contributed by atoms with Crippen molar-refractivity contribution >= 4 is 0 Å². The van der Waals surface area contributed by atoms with E-state index < -0.39 is 0 Å². The van der Waals surface area contributed by atoms with Crippen LogP contribution in [0.1, 0.15) is 27.2 Å². The van der Waals surface area contributed by atoms with Crippen molar-refractivity contribution in [3.05, 3.63) is 0 Å². The molecule has 0 aliphatic carbocycles. The van der Waals surface area contributed by atoms with Gasteiger partial charge in [0.05, 0.1) is 6.07 Å². The molecule has 4 heteroatoms. The second-order valence-electron chi connectivity index (χ2n) is 5.59. The van der Waals surface area contributed by atoms with Crippen molar-refractivity contribution in [3.63, 3.8) is 0 Å². The average Bonchev–Trinajstić information content (AvgIpc) is 2.30. The molecule has 0 bridgehead atoms. The average molecular weight is 254 g/mol. The van der Waals surface area contributed by atoms with E-state index in [0.29, 0.717) is 5.92 Å². The van der Waals surface area contributed by atoms with Crippen LogP contribution in [0.25, 0.3) is 0 Å². The zero-order chi connectivity index (χ0) is 14.0. The molecule has 0 radical (unpaired) electrons. The van der Waals surface area contributed by atoms with Gasteiger partial charge in [-0.25, -0.2) is 0 Å². The van der Waals surface area contributed by atoms with Gasteiger partial charge in [-0.2, -0.15) is 5.26 Å². The van der Waals surface area contributed by atoms with E-state index >= 15 is 0 Å². The molecule has 0 aliphatic heterocycles. The van der Waals surface area contributed by atoms with Crippen LogP contribution < -0.4 is 5.32 Å². The molecule has 0 saturated carbocycles. The number of nitrogens with one attached hydrogen (secondary N) is 1. The first-order valence-corrected chi connectivity index (χ1v) is 6.99. The van der Waals surface area contributed by atoms with Gasteiger partial charge in [-0.3, -0.25) is 4.90 Å². The molecule has 0 amide bonds. The Bertz CT molecular complexity index is 232. The number of likely N-dealkylation sites (N-methyl/N-ethyl adjacent to an activating group) is 1. The first-order valence-electron chi connectivity index (χ1n) is 6.99. The predicted molar refractivity (Wildman–Crippen MR) is 77.5 cm³/mol. The highest BCUT2D eigenvalue weighted by atomic mass is 15.2. The summed E-state index contributed by atoms with van der Waals surface area (Å²) < 4.78 is 0. The SMILES string of the molecule is CCCNC(C#N)CN(CCN(C)C)CC(C)C. The lowest BCUT2D eigenvalue weighted by Crippen LogP contribution is -2.44. The molecule has 0 aliphatic rings. The minimum Gasteiger partial charge on any atom is -0.308 e. The lowest BCUT2D eigenvalue weighted by atomic mass is 10.2. The first-order chi connectivity index (χ1) is 8.49. The zero-order valence-corrected chi connectivity index (χ0v) is 12.7. The molecule has 0 fully saturated rings. The number of hydrogen-bond acceptors (Lipinski definition) is 4. The molecule has 0 aromatic rings. The zero-order valence-electron chi connectivity index (χ0n) is 12.7. The summed E-state index contributed by atoms with van der Waals surface area (Å²) in [5.41, 5.74) is 0. The quantitative estimate of drug-likeness (QED) is 0.640. The van der Waals surface area contributed by atoms with Gasteiger partial charge in [-0.1, -0.05) is 20.8 Å². The van der Waals surface area contributed by atoms with E-state index in [1.54, 1.807) is 0 Å². The summed E-state index contributed by atoms with van der Waals surface area (Å²) in [6.07, 6.45) is 1.07. The summed E-state index contributed by atoms with van der Waals surface area (Å²) in [6.45, 7) is 11.4. The van der Waals surface area contributed by atoms with Crippen molar-refractivity contribution in [3.8, 4) is 6.07 Å². The van der Waals surface area contributed by atoms with Gasteiger partial charge in [0.2, 0.25) is 0 Å². The number of nitriles is 1. The summed E-state index contributed by atoms with van der Waals surface area (Å²) in [7, 11) is 4.18. The third-order valence-corrected chi connectivity index (χ3v) is 2.72. The van der Waals surface area contributed by atoms with E-state index in [4.69, 9.17) is 5.26 Å². The van der Waals surface area contributed by atoms with Crippen LogP contribution in [0, 0.1) is 17.2 Å². The topological polar surface area (TPSA) is 42.3 Å². The second-order valence-corrected chi connectivity index (χ2v) is 5.59. The van der Waals surface area contributed by atoms with Crippen molar-refractivity contribution in [2.24, 2.45) is 5.92 Å². The second kappa shape index (κ2) is 10.3. The Morgan fingerprint density at radius 2 is 1.83 bits per heavy atom. The molecule has 1 atom stereocenters. The van der Waals surface area contributed by atoms with Crippen LogP contribution in [-0.2, 0) is 0 Å². The Morgan fingerprint density at radius 3 is 2.28 bits per heavy atom. The first kappa shape index (κ1) is 17.4. The maximum Gasteiger partial charge on any atom is 0.108 e. The van der Waals surface area contributed by atoms with Crippen LogP contribution in [0.4, 0.5) is 0 Å². The van der Waals surface area contributed by atoms with Crippen molar-refractivity contribution < 1.29 is 0 Å². The molecule has 18 heavy (non-hydrogen) atoms. The van der Waals surface area contributed by atoms with E-state index in [0.717, 1.165) is 39.1 Å². The van der Waals surface area contributed by atoms with Crippen LogP contribution in [0.2, 0.25) is 0 Å². The molecule has 106 valence electrons. The summed E-state index contributed by atoms with van der Waals surface area (Å²) in [6, 6.07) is 2.31. The van der Waals surface area contributed by atoms with Gasteiger partial charge < -0.3 is 10.2 Å².